The number of benzene rings is 2. The Morgan fingerprint density at radius 2 is 1.56 bits per heavy atom. The van der Waals surface area contributed by atoms with Crippen molar-refractivity contribution in [3.05, 3.63) is 70.3 Å². The topological polar surface area (TPSA) is 20.2 Å². The van der Waals surface area contributed by atoms with Crippen LogP contribution < -0.4 is 0 Å². The van der Waals surface area contributed by atoms with Gasteiger partial charge in [-0.1, -0.05) is 30.3 Å². The van der Waals surface area contributed by atoms with Gasteiger partial charge in [-0.05, 0) is 36.6 Å². The predicted molar refractivity (Wildman–Crippen MR) is 66.3 cm³/mol. The van der Waals surface area contributed by atoms with Gasteiger partial charge in [-0.15, -0.1) is 0 Å². The quantitative estimate of drug-likeness (QED) is 0.859. The minimum Gasteiger partial charge on any atom is -0.384 e. The Morgan fingerprint density at radius 3 is 2.28 bits per heavy atom. The van der Waals surface area contributed by atoms with Gasteiger partial charge in [-0.3, -0.25) is 0 Å². The largest absolute Gasteiger partial charge is 0.384 e. The van der Waals surface area contributed by atoms with Crippen LogP contribution in [0.4, 0.5) is 8.78 Å². The Kier molecular flexibility index (Phi) is 3.43. The lowest BCUT2D eigenvalue weighted by molar-refractivity contribution is 0.212. The van der Waals surface area contributed by atoms with Crippen molar-refractivity contribution in [2.45, 2.75) is 20.0 Å². The standard InChI is InChI=1S/C15H14F2O/c1-9-5-3-6-11(10(9)2)15(18)12-7-4-8-13(16)14(12)17/h3-8,15,18H,1-2H3. The zero-order valence-corrected chi connectivity index (χ0v) is 10.2. The summed E-state index contributed by atoms with van der Waals surface area (Å²) < 4.78 is 26.8. The van der Waals surface area contributed by atoms with Gasteiger partial charge in [0.05, 0.1) is 0 Å². The third kappa shape index (κ3) is 2.14. The van der Waals surface area contributed by atoms with Crippen LogP contribution in [0.3, 0.4) is 0 Å². The minimum atomic E-state index is -1.15. The fourth-order valence-corrected chi connectivity index (χ4v) is 1.97. The summed E-state index contributed by atoms with van der Waals surface area (Å²) in [6.45, 7) is 3.76. The van der Waals surface area contributed by atoms with E-state index in [1.54, 1.807) is 12.1 Å². The highest BCUT2D eigenvalue weighted by Crippen LogP contribution is 2.28. The molecule has 0 aliphatic rings. The number of aryl methyl sites for hydroxylation is 1. The van der Waals surface area contributed by atoms with Crippen molar-refractivity contribution >= 4 is 0 Å². The van der Waals surface area contributed by atoms with Crippen LogP contribution in [-0.2, 0) is 0 Å². The molecule has 0 saturated heterocycles. The number of hydrogen-bond acceptors (Lipinski definition) is 1. The van der Waals surface area contributed by atoms with Crippen LogP contribution in [0.2, 0.25) is 0 Å². The fourth-order valence-electron chi connectivity index (χ4n) is 1.97. The molecular weight excluding hydrogens is 234 g/mol. The molecule has 1 N–H and O–H groups in total. The third-order valence-electron chi connectivity index (χ3n) is 3.22. The number of hydrogen-bond donors (Lipinski definition) is 1. The Bertz CT molecular complexity index is 527. The Morgan fingerprint density at radius 1 is 0.944 bits per heavy atom. The molecule has 0 aliphatic carbocycles. The second-order valence-electron chi connectivity index (χ2n) is 4.33. The lowest BCUT2D eigenvalue weighted by Gasteiger charge is -2.16. The first-order valence-electron chi connectivity index (χ1n) is 5.70. The zero-order chi connectivity index (χ0) is 13.3. The van der Waals surface area contributed by atoms with Gasteiger partial charge in [0.2, 0.25) is 0 Å². The average Bonchev–Trinajstić information content (AvgIpc) is 2.35. The van der Waals surface area contributed by atoms with Crippen molar-refractivity contribution in [2.24, 2.45) is 0 Å². The van der Waals surface area contributed by atoms with E-state index in [0.717, 1.165) is 17.2 Å². The molecule has 0 bridgehead atoms. The first-order valence-corrected chi connectivity index (χ1v) is 5.70. The summed E-state index contributed by atoms with van der Waals surface area (Å²) in [7, 11) is 0. The maximum Gasteiger partial charge on any atom is 0.164 e. The highest BCUT2D eigenvalue weighted by Gasteiger charge is 2.19. The van der Waals surface area contributed by atoms with Gasteiger partial charge >= 0.3 is 0 Å². The van der Waals surface area contributed by atoms with E-state index < -0.39 is 17.7 Å². The summed E-state index contributed by atoms with van der Waals surface area (Å²) in [5.41, 5.74) is 2.44. The number of halogens is 2. The Labute approximate surface area is 105 Å². The van der Waals surface area contributed by atoms with Crippen molar-refractivity contribution in [1.82, 2.24) is 0 Å². The molecule has 0 aromatic heterocycles. The highest BCUT2D eigenvalue weighted by atomic mass is 19.2. The Balaban J connectivity index is 2.51. The molecule has 3 heteroatoms. The van der Waals surface area contributed by atoms with Crippen molar-refractivity contribution < 1.29 is 13.9 Å². The van der Waals surface area contributed by atoms with E-state index in [9.17, 15) is 13.9 Å². The van der Waals surface area contributed by atoms with Gasteiger partial charge in [-0.25, -0.2) is 8.78 Å². The predicted octanol–water partition coefficient (Wildman–Crippen LogP) is 3.66. The van der Waals surface area contributed by atoms with Crippen LogP contribution >= 0.6 is 0 Å². The van der Waals surface area contributed by atoms with Gasteiger partial charge < -0.3 is 5.11 Å². The number of aliphatic hydroxyl groups excluding tert-OH is 1. The van der Waals surface area contributed by atoms with Crippen molar-refractivity contribution in [2.75, 3.05) is 0 Å². The van der Waals surface area contributed by atoms with E-state index in [-0.39, 0.29) is 5.56 Å². The van der Waals surface area contributed by atoms with Crippen molar-refractivity contribution in [3.8, 4) is 0 Å². The van der Waals surface area contributed by atoms with E-state index >= 15 is 0 Å². The normalized spacial score (nSPS) is 12.5. The summed E-state index contributed by atoms with van der Waals surface area (Å²) in [6.07, 6.45) is -1.15. The van der Waals surface area contributed by atoms with Crippen molar-refractivity contribution in [3.63, 3.8) is 0 Å². The van der Waals surface area contributed by atoms with Crippen LogP contribution in [0, 0.1) is 25.5 Å². The van der Waals surface area contributed by atoms with Crippen LogP contribution in [0.15, 0.2) is 36.4 Å². The second-order valence-corrected chi connectivity index (χ2v) is 4.33. The molecule has 1 unspecified atom stereocenters. The van der Waals surface area contributed by atoms with Crippen LogP contribution in [0.25, 0.3) is 0 Å². The molecule has 18 heavy (non-hydrogen) atoms. The molecule has 1 atom stereocenters. The molecule has 0 heterocycles. The molecule has 2 aromatic rings. The monoisotopic (exact) mass is 248 g/mol. The van der Waals surface area contributed by atoms with E-state index in [2.05, 4.69) is 0 Å². The summed E-state index contributed by atoms with van der Waals surface area (Å²) in [6, 6.07) is 9.24. The van der Waals surface area contributed by atoms with E-state index in [0.29, 0.717) is 5.56 Å². The number of rotatable bonds is 2. The average molecular weight is 248 g/mol. The lowest BCUT2D eigenvalue weighted by atomic mass is 9.94. The summed E-state index contributed by atoms with van der Waals surface area (Å²) in [4.78, 5) is 0. The SMILES string of the molecule is Cc1cccc(C(O)c2cccc(F)c2F)c1C. The van der Waals surface area contributed by atoms with E-state index in [1.807, 2.05) is 19.9 Å². The van der Waals surface area contributed by atoms with Crippen LogP contribution in [0.1, 0.15) is 28.4 Å². The molecule has 0 saturated carbocycles. The van der Waals surface area contributed by atoms with E-state index in [4.69, 9.17) is 0 Å². The molecule has 0 radical (unpaired) electrons. The molecule has 0 fully saturated rings. The van der Waals surface area contributed by atoms with Gasteiger partial charge in [0.15, 0.2) is 11.6 Å². The first kappa shape index (κ1) is 12.7. The second kappa shape index (κ2) is 4.86. The maximum absolute atomic E-state index is 13.6. The molecule has 2 aromatic carbocycles. The third-order valence-corrected chi connectivity index (χ3v) is 3.22. The van der Waals surface area contributed by atoms with Crippen molar-refractivity contribution in [1.29, 1.82) is 0 Å². The molecule has 2 rings (SSSR count). The maximum atomic E-state index is 13.6. The van der Waals surface area contributed by atoms with Gasteiger partial charge in [0.1, 0.15) is 6.10 Å². The van der Waals surface area contributed by atoms with Gasteiger partial charge in [0.25, 0.3) is 0 Å². The molecule has 1 nitrogen and oxygen atoms in total. The van der Waals surface area contributed by atoms with Gasteiger partial charge in [-0.2, -0.15) is 0 Å². The molecular formula is C15H14F2O. The minimum absolute atomic E-state index is 0.0382. The number of aliphatic hydroxyl groups is 1. The smallest absolute Gasteiger partial charge is 0.164 e. The summed E-state index contributed by atoms with van der Waals surface area (Å²) in [5, 5.41) is 10.2. The first-order chi connectivity index (χ1) is 8.52. The highest BCUT2D eigenvalue weighted by molar-refractivity contribution is 5.39. The molecule has 0 amide bonds. The molecule has 94 valence electrons. The van der Waals surface area contributed by atoms with Crippen LogP contribution in [-0.4, -0.2) is 5.11 Å². The zero-order valence-electron chi connectivity index (χ0n) is 10.2. The molecule has 0 spiro atoms. The summed E-state index contributed by atoms with van der Waals surface area (Å²) in [5.74, 6) is -1.94. The summed E-state index contributed by atoms with van der Waals surface area (Å²) >= 11 is 0. The molecule has 0 aliphatic heterocycles. The fraction of sp³-hybridized carbons (Fsp3) is 0.200. The van der Waals surface area contributed by atoms with E-state index in [1.165, 1.54) is 12.1 Å². The lowest BCUT2D eigenvalue weighted by Crippen LogP contribution is -2.06. The van der Waals surface area contributed by atoms with Gasteiger partial charge in [0, 0.05) is 5.56 Å². The Hall–Kier alpha value is -1.74. The van der Waals surface area contributed by atoms with Crippen LogP contribution in [0.5, 0.6) is 0 Å².